The second-order valence-corrected chi connectivity index (χ2v) is 5.85. The van der Waals surface area contributed by atoms with Gasteiger partial charge in [0.15, 0.2) is 11.5 Å². The Balaban J connectivity index is 2.47. The summed E-state index contributed by atoms with van der Waals surface area (Å²) in [5.41, 5.74) is 0.536. The summed E-state index contributed by atoms with van der Waals surface area (Å²) in [6.07, 6.45) is 1.17. The van der Waals surface area contributed by atoms with Crippen LogP contribution in [0.5, 0.6) is 11.5 Å². The summed E-state index contributed by atoms with van der Waals surface area (Å²) in [5.74, 6) is -0.302. The molecule has 0 heterocycles. The Labute approximate surface area is 94.7 Å². The number of nitrogens with one attached hydrogen (secondary N) is 1. The third kappa shape index (κ3) is 4.08. The van der Waals surface area contributed by atoms with Crippen LogP contribution in [-0.2, 0) is 16.4 Å². The molecule has 6 heteroatoms. The minimum atomic E-state index is -2.97. The highest BCUT2D eigenvalue weighted by Crippen LogP contribution is 2.27. The molecule has 0 spiro atoms. The summed E-state index contributed by atoms with van der Waals surface area (Å²) < 4.78 is 21.7. The van der Waals surface area contributed by atoms with E-state index >= 15 is 0 Å². The van der Waals surface area contributed by atoms with E-state index in [9.17, 15) is 18.6 Å². The Morgan fingerprint density at radius 1 is 1.31 bits per heavy atom. The van der Waals surface area contributed by atoms with Crippen LogP contribution in [0.4, 0.5) is 0 Å². The number of hydrogen-bond acceptors (Lipinski definition) is 5. The summed E-state index contributed by atoms with van der Waals surface area (Å²) >= 11 is 0. The van der Waals surface area contributed by atoms with E-state index in [0.717, 1.165) is 0 Å². The molecule has 0 amide bonds. The Bertz CT molecular complexity index is 456. The Morgan fingerprint density at radius 3 is 2.62 bits per heavy atom. The maximum Gasteiger partial charge on any atom is 0.161 e. The lowest BCUT2D eigenvalue weighted by atomic mass is 10.2. The molecule has 5 nitrogen and oxygen atoms in total. The highest BCUT2D eigenvalue weighted by Gasteiger charge is 2.06. The van der Waals surface area contributed by atoms with Crippen molar-refractivity contribution in [3.05, 3.63) is 23.8 Å². The van der Waals surface area contributed by atoms with Crippen molar-refractivity contribution < 1.29 is 18.6 Å². The Morgan fingerprint density at radius 2 is 2.00 bits per heavy atom. The smallest absolute Gasteiger partial charge is 0.161 e. The Hall–Kier alpha value is -1.27. The molecule has 0 saturated carbocycles. The zero-order valence-electron chi connectivity index (χ0n) is 8.97. The molecule has 0 bridgehead atoms. The molecule has 1 rings (SSSR count). The van der Waals surface area contributed by atoms with Gasteiger partial charge in [0.2, 0.25) is 0 Å². The first kappa shape index (κ1) is 12.8. The van der Waals surface area contributed by atoms with E-state index in [4.69, 9.17) is 0 Å². The molecule has 1 aromatic carbocycles. The van der Waals surface area contributed by atoms with Gasteiger partial charge in [0, 0.05) is 24.9 Å². The topological polar surface area (TPSA) is 86.6 Å². The van der Waals surface area contributed by atoms with Gasteiger partial charge >= 0.3 is 0 Å². The van der Waals surface area contributed by atoms with Gasteiger partial charge in [0.05, 0.1) is 5.75 Å². The number of hydrogen-bond donors (Lipinski definition) is 3. The van der Waals surface area contributed by atoms with E-state index in [1.807, 2.05) is 0 Å². The largest absolute Gasteiger partial charge is 0.504 e. The first-order valence-electron chi connectivity index (χ1n) is 4.78. The lowest BCUT2D eigenvalue weighted by Crippen LogP contribution is -2.21. The number of aromatic hydroxyl groups is 2. The number of rotatable bonds is 5. The molecular weight excluding hydrogens is 230 g/mol. The number of para-hydroxylation sites is 1. The van der Waals surface area contributed by atoms with Gasteiger partial charge < -0.3 is 15.5 Å². The maximum atomic E-state index is 10.8. The monoisotopic (exact) mass is 245 g/mol. The molecule has 0 aromatic heterocycles. The molecule has 16 heavy (non-hydrogen) atoms. The third-order valence-electron chi connectivity index (χ3n) is 2.06. The van der Waals surface area contributed by atoms with Crippen LogP contribution in [0.1, 0.15) is 5.56 Å². The molecule has 0 aliphatic carbocycles. The van der Waals surface area contributed by atoms with Crippen molar-refractivity contribution in [1.82, 2.24) is 5.32 Å². The van der Waals surface area contributed by atoms with Crippen LogP contribution in [0.3, 0.4) is 0 Å². The number of benzene rings is 1. The van der Waals surface area contributed by atoms with Crippen LogP contribution in [-0.4, -0.2) is 37.2 Å². The zero-order valence-corrected chi connectivity index (χ0v) is 9.79. The van der Waals surface area contributed by atoms with Crippen molar-refractivity contribution >= 4 is 9.84 Å². The molecule has 1 aromatic rings. The fraction of sp³-hybridized carbons (Fsp3) is 0.400. The molecule has 3 N–H and O–H groups in total. The van der Waals surface area contributed by atoms with Crippen LogP contribution >= 0.6 is 0 Å². The van der Waals surface area contributed by atoms with Crippen molar-refractivity contribution in [1.29, 1.82) is 0 Å². The van der Waals surface area contributed by atoms with E-state index < -0.39 is 9.84 Å². The quantitative estimate of drug-likeness (QED) is 0.511. The maximum absolute atomic E-state index is 10.8. The highest BCUT2D eigenvalue weighted by molar-refractivity contribution is 7.90. The van der Waals surface area contributed by atoms with Crippen LogP contribution in [0, 0.1) is 0 Å². The molecule has 0 aliphatic rings. The average Bonchev–Trinajstić information content (AvgIpc) is 2.17. The minimum absolute atomic E-state index is 0.0482. The molecule has 0 aliphatic heterocycles. The van der Waals surface area contributed by atoms with Gasteiger partial charge in [0.25, 0.3) is 0 Å². The first-order valence-corrected chi connectivity index (χ1v) is 6.84. The van der Waals surface area contributed by atoms with Crippen molar-refractivity contribution in [2.24, 2.45) is 0 Å². The predicted molar refractivity (Wildman–Crippen MR) is 61.2 cm³/mol. The first-order chi connectivity index (χ1) is 7.40. The second kappa shape index (κ2) is 5.18. The van der Waals surface area contributed by atoms with E-state index in [1.165, 1.54) is 12.3 Å². The number of sulfone groups is 1. The lowest BCUT2D eigenvalue weighted by molar-refractivity contribution is 0.398. The SMILES string of the molecule is CS(=O)(=O)CCNCc1cccc(O)c1O. The molecule has 0 fully saturated rings. The molecule has 0 unspecified atom stereocenters. The van der Waals surface area contributed by atoms with E-state index in [-0.39, 0.29) is 17.3 Å². The summed E-state index contributed by atoms with van der Waals surface area (Å²) in [6.45, 7) is 0.629. The summed E-state index contributed by atoms with van der Waals surface area (Å²) in [7, 11) is -2.97. The average molecular weight is 245 g/mol. The summed E-state index contributed by atoms with van der Waals surface area (Å²) in [5, 5.41) is 21.5. The molecule has 90 valence electrons. The van der Waals surface area contributed by atoms with Crippen LogP contribution in [0.15, 0.2) is 18.2 Å². The standard InChI is InChI=1S/C10H15NO4S/c1-16(14,15)6-5-11-7-8-3-2-4-9(12)10(8)13/h2-4,11-13H,5-7H2,1H3. The van der Waals surface area contributed by atoms with Gasteiger partial charge in [-0.2, -0.15) is 0 Å². The molecule has 0 saturated heterocycles. The minimum Gasteiger partial charge on any atom is -0.504 e. The zero-order chi connectivity index (χ0) is 12.2. The van der Waals surface area contributed by atoms with Crippen molar-refractivity contribution in [2.45, 2.75) is 6.54 Å². The number of phenols is 2. The van der Waals surface area contributed by atoms with Gasteiger partial charge in [-0.25, -0.2) is 8.42 Å². The van der Waals surface area contributed by atoms with Crippen molar-refractivity contribution in [3.8, 4) is 11.5 Å². The van der Waals surface area contributed by atoms with Crippen LogP contribution in [0.2, 0.25) is 0 Å². The van der Waals surface area contributed by atoms with Gasteiger partial charge in [-0.15, -0.1) is 0 Å². The van der Waals surface area contributed by atoms with Crippen LogP contribution < -0.4 is 5.32 Å². The van der Waals surface area contributed by atoms with Gasteiger partial charge in [-0.05, 0) is 6.07 Å². The van der Waals surface area contributed by atoms with Gasteiger partial charge in [0.1, 0.15) is 9.84 Å². The Kier molecular flexibility index (Phi) is 4.14. The normalized spacial score (nSPS) is 11.6. The predicted octanol–water partition coefficient (Wildman–Crippen LogP) is 0.232. The van der Waals surface area contributed by atoms with E-state index in [0.29, 0.717) is 18.7 Å². The van der Waals surface area contributed by atoms with Gasteiger partial charge in [-0.3, -0.25) is 0 Å². The van der Waals surface area contributed by atoms with Crippen molar-refractivity contribution in [2.75, 3.05) is 18.6 Å². The molecular formula is C10H15NO4S. The van der Waals surface area contributed by atoms with Crippen LogP contribution in [0.25, 0.3) is 0 Å². The third-order valence-corrected chi connectivity index (χ3v) is 3.01. The van der Waals surface area contributed by atoms with E-state index in [2.05, 4.69) is 5.32 Å². The molecule has 0 radical (unpaired) electrons. The van der Waals surface area contributed by atoms with E-state index in [1.54, 1.807) is 12.1 Å². The molecule has 0 atom stereocenters. The highest BCUT2D eigenvalue weighted by atomic mass is 32.2. The summed E-state index contributed by atoms with van der Waals surface area (Å²) in [4.78, 5) is 0. The number of phenolic OH excluding ortho intramolecular Hbond substituents is 2. The van der Waals surface area contributed by atoms with Gasteiger partial charge in [-0.1, -0.05) is 12.1 Å². The fourth-order valence-electron chi connectivity index (χ4n) is 1.20. The fourth-order valence-corrected chi connectivity index (χ4v) is 1.72. The second-order valence-electron chi connectivity index (χ2n) is 3.59. The summed E-state index contributed by atoms with van der Waals surface area (Å²) in [6, 6.07) is 4.65. The lowest BCUT2D eigenvalue weighted by Gasteiger charge is -2.07. The van der Waals surface area contributed by atoms with Crippen molar-refractivity contribution in [3.63, 3.8) is 0 Å².